The molecule has 1 atom stereocenters. The molecule has 1 fully saturated rings. The maximum atomic E-state index is 11.0. The largest absolute Gasteiger partial charge is 0.496 e. The van der Waals surface area contributed by atoms with Crippen LogP contribution in [0.3, 0.4) is 0 Å². The van der Waals surface area contributed by atoms with E-state index in [1.54, 1.807) is 6.07 Å². The summed E-state index contributed by atoms with van der Waals surface area (Å²) < 4.78 is 5.15. The van der Waals surface area contributed by atoms with Crippen LogP contribution in [-0.2, 0) is 0 Å². The third kappa shape index (κ3) is 3.00. The van der Waals surface area contributed by atoms with Crippen molar-refractivity contribution in [2.75, 3.05) is 45.2 Å². The Morgan fingerprint density at radius 3 is 2.80 bits per heavy atom. The molecule has 0 amide bonds. The molecule has 0 radical (unpaired) electrons. The number of benzene rings is 1. The smallest absolute Gasteiger partial charge is 0.275 e. The fraction of sp³-hybridized carbons (Fsp3) is 0.538. The molecule has 1 aromatic carbocycles. The standard InChI is InChI=1S/C13H20N4O3/c1-15-3-4-16(12(8-14)9-15)10-5-11(17(18)19)7-13(6-10)20-2/h5-7,12H,3-4,8-9,14H2,1-2H3. The lowest BCUT2D eigenvalue weighted by molar-refractivity contribution is -0.384. The van der Waals surface area contributed by atoms with E-state index in [4.69, 9.17) is 10.5 Å². The molecule has 20 heavy (non-hydrogen) atoms. The molecule has 0 aliphatic carbocycles. The van der Waals surface area contributed by atoms with Crippen molar-refractivity contribution in [3.63, 3.8) is 0 Å². The fourth-order valence-corrected chi connectivity index (χ4v) is 2.51. The predicted octanol–water partition coefficient (Wildman–Crippen LogP) is 0.683. The molecule has 0 aromatic heterocycles. The molecule has 2 N–H and O–H groups in total. The number of methoxy groups -OCH3 is 1. The topological polar surface area (TPSA) is 84.9 Å². The van der Waals surface area contributed by atoms with Crippen molar-refractivity contribution in [2.45, 2.75) is 6.04 Å². The molecule has 0 saturated carbocycles. The van der Waals surface area contributed by atoms with Gasteiger partial charge in [-0.25, -0.2) is 0 Å². The van der Waals surface area contributed by atoms with E-state index in [1.165, 1.54) is 13.2 Å². The van der Waals surface area contributed by atoms with Crippen molar-refractivity contribution < 1.29 is 9.66 Å². The Kier molecular flexibility index (Phi) is 4.41. The Balaban J connectivity index is 2.35. The van der Waals surface area contributed by atoms with E-state index in [2.05, 4.69) is 9.80 Å². The molecular formula is C13H20N4O3. The number of hydrogen-bond donors (Lipinski definition) is 1. The zero-order chi connectivity index (χ0) is 14.7. The van der Waals surface area contributed by atoms with Crippen LogP contribution in [0.4, 0.5) is 11.4 Å². The Bertz CT molecular complexity index is 495. The zero-order valence-corrected chi connectivity index (χ0v) is 11.8. The minimum absolute atomic E-state index is 0.0362. The van der Waals surface area contributed by atoms with Gasteiger partial charge in [0.2, 0.25) is 0 Å². The quantitative estimate of drug-likeness (QED) is 0.645. The number of nitrogens with two attached hydrogens (primary N) is 1. The number of nitro groups is 1. The van der Waals surface area contributed by atoms with Gasteiger partial charge in [0.05, 0.1) is 24.1 Å². The number of piperazine rings is 1. The molecule has 2 rings (SSSR count). The number of hydrogen-bond acceptors (Lipinski definition) is 6. The number of ether oxygens (including phenoxy) is 1. The first-order valence-corrected chi connectivity index (χ1v) is 6.54. The third-order valence-corrected chi connectivity index (χ3v) is 3.61. The van der Waals surface area contributed by atoms with Crippen LogP contribution in [0.5, 0.6) is 5.75 Å². The minimum Gasteiger partial charge on any atom is -0.496 e. The zero-order valence-electron chi connectivity index (χ0n) is 11.8. The van der Waals surface area contributed by atoms with Crippen LogP contribution < -0.4 is 15.4 Å². The summed E-state index contributed by atoms with van der Waals surface area (Å²) >= 11 is 0. The van der Waals surface area contributed by atoms with Crippen LogP contribution >= 0.6 is 0 Å². The molecule has 1 aliphatic rings. The van der Waals surface area contributed by atoms with Crippen LogP contribution in [0.2, 0.25) is 0 Å². The van der Waals surface area contributed by atoms with Crippen molar-refractivity contribution in [1.29, 1.82) is 0 Å². The van der Waals surface area contributed by atoms with E-state index < -0.39 is 4.92 Å². The van der Waals surface area contributed by atoms with Gasteiger partial charge in [-0.2, -0.15) is 0 Å². The number of nitrogens with zero attached hydrogens (tertiary/aromatic N) is 3. The lowest BCUT2D eigenvalue weighted by Gasteiger charge is -2.41. The summed E-state index contributed by atoms with van der Waals surface area (Å²) in [6, 6.07) is 4.98. The Morgan fingerprint density at radius 1 is 1.45 bits per heavy atom. The summed E-state index contributed by atoms with van der Waals surface area (Å²) in [5.74, 6) is 0.490. The highest BCUT2D eigenvalue weighted by Crippen LogP contribution is 2.30. The molecule has 0 spiro atoms. The molecule has 7 nitrogen and oxygen atoms in total. The Morgan fingerprint density at radius 2 is 2.20 bits per heavy atom. The summed E-state index contributed by atoms with van der Waals surface area (Å²) in [5, 5.41) is 11.0. The third-order valence-electron chi connectivity index (χ3n) is 3.61. The second-order valence-electron chi connectivity index (χ2n) is 4.99. The molecule has 1 aliphatic heterocycles. The minimum atomic E-state index is -0.403. The van der Waals surface area contributed by atoms with Crippen LogP contribution in [0, 0.1) is 10.1 Å². The van der Waals surface area contributed by atoms with Crippen molar-refractivity contribution in [3.05, 3.63) is 28.3 Å². The first kappa shape index (κ1) is 14.5. The predicted molar refractivity (Wildman–Crippen MR) is 77.3 cm³/mol. The fourth-order valence-electron chi connectivity index (χ4n) is 2.51. The van der Waals surface area contributed by atoms with Gasteiger partial charge in [0, 0.05) is 44.0 Å². The van der Waals surface area contributed by atoms with Crippen LogP contribution in [0.25, 0.3) is 0 Å². The first-order chi connectivity index (χ1) is 9.55. The van der Waals surface area contributed by atoms with Crippen molar-refractivity contribution in [1.82, 2.24) is 4.90 Å². The van der Waals surface area contributed by atoms with E-state index in [0.717, 1.165) is 25.3 Å². The van der Waals surface area contributed by atoms with Gasteiger partial charge < -0.3 is 20.3 Å². The van der Waals surface area contributed by atoms with E-state index in [9.17, 15) is 10.1 Å². The van der Waals surface area contributed by atoms with Crippen molar-refractivity contribution >= 4 is 11.4 Å². The van der Waals surface area contributed by atoms with Gasteiger partial charge in [0.15, 0.2) is 0 Å². The molecule has 7 heteroatoms. The lowest BCUT2D eigenvalue weighted by Crippen LogP contribution is -2.55. The van der Waals surface area contributed by atoms with Gasteiger partial charge in [0.25, 0.3) is 5.69 Å². The second kappa shape index (κ2) is 6.06. The number of nitro benzene ring substituents is 1. The number of non-ortho nitro benzene ring substituents is 1. The molecule has 1 saturated heterocycles. The summed E-state index contributed by atoms with van der Waals surface area (Å²) in [6.45, 7) is 3.06. The van der Waals surface area contributed by atoms with Crippen LogP contribution in [-0.4, -0.2) is 56.2 Å². The molecule has 1 heterocycles. The van der Waals surface area contributed by atoms with Gasteiger partial charge >= 0.3 is 0 Å². The Labute approximate surface area is 118 Å². The van der Waals surface area contributed by atoms with Gasteiger partial charge in [-0.1, -0.05) is 0 Å². The normalized spacial score (nSPS) is 19.9. The molecule has 1 unspecified atom stereocenters. The van der Waals surface area contributed by atoms with Gasteiger partial charge in [0.1, 0.15) is 5.75 Å². The SMILES string of the molecule is COc1cc(N2CCN(C)CC2CN)cc([N+](=O)[O-])c1. The van der Waals surface area contributed by atoms with E-state index in [1.807, 2.05) is 13.1 Å². The summed E-state index contributed by atoms with van der Waals surface area (Å²) in [6.07, 6.45) is 0. The molecule has 110 valence electrons. The van der Waals surface area contributed by atoms with Gasteiger partial charge in [-0.15, -0.1) is 0 Å². The molecular weight excluding hydrogens is 260 g/mol. The second-order valence-corrected chi connectivity index (χ2v) is 4.99. The summed E-state index contributed by atoms with van der Waals surface area (Å²) in [5.41, 5.74) is 6.66. The number of anilines is 1. The maximum absolute atomic E-state index is 11.0. The first-order valence-electron chi connectivity index (χ1n) is 6.54. The average Bonchev–Trinajstić information content (AvgIpc) is 2.46. The maximum Gasteiger partial charge on any atom is 0.275 e. The number of likely N-dealkylation sites (N-methyl/N-ethyl adjacent to an activating group) is 1. The summed E-state index contributed by atoms with van der Waals surface area (Å²) in [7, 11) is 3.56. The highest BCUT2D eigenvalue weighted by molar-refractivity contribution is 5.59. The Hall–Kier alpha value is -1.86. The lowest BCUT2D eigenvalue weighted by atomic mass is 10.1. The highest BCUT2D eigenvalue weighted by atomic mass is 16.6. The van der Waals surface area contributed by atoms with E-state index in [-0.39, 0.29) is 11.7 Å². The average molecular weight is 280 g/mol. The van der Waals surface area contributed by atoms with Crippen molar-refractivity contribution in [2.24, 2.45) is 5.73 Å². The van der Waals surface area contributed by atoms with Crippen molar-refractivity contribution in [3.8, 4) is 5.75 Å². The van der Waals surface area contributed by atoms with E-state index in [0.29, 0.717) is 12.3 Å². The van der Waals surface area contributed by atoms with Gasteiger partial charge in [-0.05, 0) is 7.05 Å². The van der Waals surface area contributed by atoms with Crippen LogP contribution in [0.15, 0.2) is 18.2 Å². The van der Waals surface area contributed by atoms with Crippen LogP contribution in [0.1, 0.15) is 0 Å². The highest BCUT2D eigenvalue weighted by Gasteiger charge is 2.26. The van der Waals surface area contributed by atoms with Gasteiger partial charge in [-0.3, -0.25) is 10.1 Å². The monoisotopic (exact) mass is 280 g/mol. The molecule has 1 aromatic rings. The van der Waals surface area contributed by atoms with E-state index >= 15 is 0 Å². The number of rotatable bonds is 4. The summed E-state index contributed by atoms with van der Waals surface area (Å²) in [4.78, 5) is 14.9. The molecule has 0 bridgehead atoms.